The zero-order chi connectivity index (χ0) is 38.7. The predicted molar refractivity (Wildman–Crippen MR) is 218 cm³/mol. The Labute approximate surface area is 326 Å². The van der Waals surface area contributed by atoms with E-state index in [0.29, 0.717) is 45.8 Å². The van der Waals surface area contributed by atoms with Gasteiger partial charge in [-0.1, -0.05) is 59.9 Å². The summed E-state index contributed by atoms with van der Waals surface area (Å²) in [5.74, 6) is 0.716. The third kappa shape index (κ3) is 9.63. The number of rotatable bonds is 15. The second kappa shape index (κ2) is 18.1. The van der Waals surface area contributed by atoms with Crippen molar-refractivity contribution in [2.75, 3.05) is 38.6 Å². The van der Waals surface area contributed by atoms with Crippen molar-refractivity contribution in [3.8, 4) is 23.0 Å². The average Bonchev–Trinajstić information content (AvgIpc) is 3.62. The first-order chi connectivity index (χ1) is 26.8. The second-order valence-corrected chi connectivity index (χ2v) is 14.0. The molecule has 1 aromatic heterocycles. The van der Waals surface area contributed by atoms with Crippen molar-refractivity contribution in [2.45, 2.75) is 17.1 Å². The number of anilines is 2. The molecule has 0 aliphatic heterocycles. The molecule has 55 heavy (non-hydrogen) atoms. The summed E-state index contributed by atoms with van der Waals surface area (Å²) in [6, 6.07) is 34.1. The number of nitrogens with zero attached hydrogens (tertiary/aromatic N) is 1. The van der Waals surface area contributed by atoms with Crippen molar-refractivity contribution in [1.82, 2.24) is 10.3 Å². The van der Waals surface area contributed by atoms with Crippen molar-refractivity contribution in [1.29, 1.82) is 0 Å². The van der Waals surface area contributed by atoms with E-state index in [-0.39, 0.29) is 11.6 Å². The van der Waals surface area contributed by atoms with Crippen LogP contribution in [-0.2, 0) is 9.59 Å². The van der Waals surface area contributed by atoms with Crippen LogP contribution in [-0.4, -0.2) is 50.6 Å². The molecule has 6 aromatic rings. The van der Waals surface area contributed by atoms with E-state index < -0.39 is 17.1 Å². The summed E-state index contributed by atoms with van der Waals surface area (Å²) in [5.41, 5.74) is 2.86. The van der Waals surface area contributed by atoms with Crippen LogP contribution in [0.15, 0.2) is 126 Å². The van der Waals surface area contributed by atoms with Gasteiger partial charge in [-0.25, -0.2) is 4.98 Å². The number of thiazole rings is 1. The highest BCUT2D eigenvalue weighted by Crippen LogP contribution is 2.38. The fourth-order valence-corrected chi connectivity index (χ4v) is 7.42. The zero-order valence-corrected chi connectivity index (χ0v) is 32.1. The van der Waals surface area contributed by atoms with Crippen molar-refractivity contribution in [3.05, 3.63) is 138 Å². The summed E-state index contributed by atoms with van der Waals surface area (Å²) in [4.78, 5) is 46.3. The maximum atomic E-state index is 13.8. The minimum absolute atomic E-state index is 0.0393. The Kier molecular flexibility index (Phi) is 12.7. The van der Waals surface area contributed by atoms with Gasteiger partial charge in [0.05, 0.1) is 38.2 Å². The zero-order valence-electron chi connectivity index (χ0n) is 30.5. The molecule has 0 aliphatic rings. The third-order valence-corrected chi connectivity index (χ3v) is 10.4. The Bertz CT molecular complexity index is 2310. The number of hydrogen-bond acceptors (Lipinski definition) is 10. The largest absolute Gasteiger partial charge is 0.496 e. The quantitative estimate of drug-likeness (QED) is 0.0692. The summed E-state index contributed by atoms with van der Waals surface area (Å²) in [6.45, 7) is 2.48. The minimum atomic E-state index is -0.605. The topological polar surface area (TPSA) is 137 Å². The van der Waals surface area contributed by atoms with Gasteiger partial charge in [0.2, 0.25) is 5.91 Å². The van der Waals surface area contributed by atoms with E-state index in [0.717, 1.165) is 26.4 Å². The van der Waals surface area contributed by atoms with Crippen LogP contribution in [0.3, 0.4) is 0 Å². The number of benzene rings is 5. The molecule has 0 bridgehead atoms. The standard InChI is InChI=1S/C42H38N4O7S2/c1-5-53-30-18-21-32-37(24-30)55-42(45-32)46-41(49)38(26-12-8-6-9-13-26)54-31-19-16-29(17-20-31)43-40(48)33(44-39(47)27-14-10-7-11-15-27)22-28-23-35(51-3)36(52-4)25-34(28)50-2/h6-25,38H,5H2,1-4H3,(H,43,48)(H,44,47)(H,45,46,49)/b33-22-. The first-order valence-corrected chi connectivity index (χ1v) is 18.8. The highest BCUT2D eigenvalue weighted by molar-refractivity contribution is 8.00. The Morgan fingerprint density at radius 2 is 1.45 bits per heavy atom. The molecule has 1 atom stereocenters. The smallest absolute Gasteiger partial charge is 0.272 e. The van der Waals surface area contributed by atoms with Crippen LogP contribution >= 0.6 is 23.1 Å². The van der Waals surface area contributed by atoms with E-state index in [1.807, 2.05) is 67.6 Å². The Morgan fingerprint density at radius 1 is 0.782 bits per heavy atom. The van der Waals surface area contributed by atoms with Gasteiger partial charge in [0.25, 0.3) is 11.8 Å². The Balaban J connectivity index is 1.22. The molecule has 6 rings (SSSR count). The maximum absolute atomic E-state index is 13.8. The summed E-state index contributed by atoms with van der Waals surface area (Å²) in [7, 11) is 4.50. The highest BCUT2D eigenvalue weighted by Gasteiger charge is 2.24. The van der Waals surface area contributed by atoms with Gasteiger partial charge in [0.1, 0.15) is 22.4 Å². The van der Waals surface area contributed by atoms with Crippen LogP contribution in [0, 0.1) is 0 Å². The number of nitrogens with one attached hydrogen (secondary N) is 3. The van der Waals surface area contributed by atoms with Crippen molar-refractivity contribution in [3.63, 3.8) is 0 Å². The lowest BCUT2D eigenvalue weighted by molar-refractivity contribution is -0.116. The number of carbonyl (C=O) groups excluding carboxylic acids is 3. The SMILES string of the molecule is CCOc1ccc2nc(NC(=O)C(Sc3ccc(NC(=O)/C(=C/c4cc(OC)c(OC)cc4OC)NC(=O)c4ccccc4)cc3)c3ccccc3)sc2c1. The summed E-state index contributed by atoms with van der Waals surface area (Å²) in [5, 5.41) is 8.51. The second-order valence-electron chi connectivity index (χ2n) is 11.8. The molecule has 0 spiro atoms. The Hall–Kier alpha value is -6.31. The molecule has 3 N–H and O–H groups in total. The van der Waals surface area contributed by atoms with Gasteiger partial charge >= 0.3 is 0 Å². The fourth-order valence-electron chi connectivity index (χ4n) is 5.50. The fraction of sp³-hybridized carbons (Fsp3) is 0.143. The number of aromatic nitrogens is 1. The van der Waals surface area contributed by atoms with Gasteiger partial charge in [-0.05, 0) is 79.2 Å². The maximum Gasteiger partial charge on any atom is 0.272 e. The molecule has 1 unspecified atom stereocenters. The molecule has 3 amide bonds. The van der Waals surface area contributed by atoms with Crippen molar-refractivity contribution < 1.29 is 33.3 Å². The van der Waals surface area contributed by atoms with Crippen LogP contribution in [0.25, 0.3) is 16.3 Å². The normalized spacial score (nSPS) is 11.7. The molecule has 11 nitrogen and oxygen atoms in total. The van der Waals surface area contributed by atoms with Crippen LogP contribution in [0.2, 0.25) is 0 Å². The molecule has 0 saturated heterocycles. The molecule has 13 heteroatoms. The number of methoxy groups -OCH3 is 3. The van der Waals surface area contributed by atoms with E-state index in [4.69, 9.17) is 18.9 Å². The number of fused-ring (bicyclic) bond motifs is 1. The average molecular weight is 775 g/mol. The highest BCUT2D eigenvalue weighted by atomic mass is 32.2. The van der Waals surface area contributed by atoms with Gasteiger partial charge in [0, 0.05) is 27.8 Å². The van der Waals surface area contributed by atoms with E-state index >= 15 is 0 Å². The lowest BCUT2D eigenvalue weighted by Crippen LogP contribution is -2.30. The molecular formula is C42H38N4O7S2. The number of thioether (sulfide) groups is 1. The van der Waals surface area contributed by atoms with Gasteiger partial charge in [-0.3, -0.25) is 14.4 Å². The van der Waals surface area contributed by atoms with E-state index in [1.54, 1.807) is 54.6 Å². The predicted octanol–water partition coefficient (Wildman–Crippen LogP) is 8.60. The van der Waals surface area contributed by atoms with Gasteiger partial charge < -0.3 is 34.9 Å². The molecular weight excluding hydrogens is 737 g/mol. The molecule has 0 radical (unpaired) electrons. The van der Waals surface area contributed by atoms with Gasteiger partial charge in [-0.15, -0.1) is 11.8 Å². The first-order valence-electron chi connectivity index (χ1n) is 17.1. The van der Waals surface area contributed by atoms with Gasteiger partial charge in [0.15, 0.2) is 16.6 Å². The van der Waals surface area contributed by atoms with Crippen LogP contribution in [0.4, 0.5) is 10.8 Å². The number of ether oxygens (including phenoxy) is 4. The summed E-state index contributed by atoms with van der Waals surface area (Å²) in [6.07, 6.45) is 1.51. The van der Waals surface area contributed by atoms with Crippen LogP contribution in [0.1, 0.15) is 33.7 Å². The lowest BCUT2D eigenvalue weighted by atomic mass is 10.1. The molecule has 1 heterocycles. The van der Waals surface area contributed by atoms with E-state index in [1.165, 1.54) is 50.5 Å². The van der Waals surface area contributed by atoms with Crippen LogP contribution in [0.5, 0.6) is 23.0 Å². The molecule has 280 valence electrons. The summed E-state index contributed by atoms with van der Waals surface area (Å²) >= 11 is 2.75. The van der Waals surface area contributed by atoms with Gasteiger partial charge in [-0.2, -0.15) is 0 Å². The van der Waals surface area contributed by atoms with E-state index in [2.05, 4.69) is 20.9 Å². The lowest BCUT2D eigenvalue weighted by Gasteiger charge is -2.17. The number of carbonyl (C=O) groups is 3. The van der Waals surface area contributed by atoms with Crippen molar-refractivity contribution in [2.24, 2.45) is 0 Å². The first kappa shape index (κ1) is 38.4. The molecule has 0 saturated carbocycles. The summed E-state index contributed by atoms with van der Waals surface area (Å²) < 4.78 is 23.0. The molecule has 5 aromatic carbocycles. The monoisotopic (exact) mass is 774 g/mol. The van der Waals surface area contributed by atoms with Crippen molar-refractivity contribution >= 4 is 67.9 Å². The number of hydrogen-bond donors (Lipinski definition) is 3. The Morgan fingerprint density at radius 3 is 2.13 bits per heavy atom. The van der Waals surface area contributed by atoms with Crippen LogP contribution < -0.4 is 34.9 Å². The molecule has 0 fully saturated rings. The number of amides is 3. The molecule has 0 aliphatic carbocycles. The minimum Gasteiger partial charge on any atom is -0.496 e. The third-order valence-electron chi connectivity index (χ3n) is 8.17. The van der Waals surface area contributed by atoms with E-state index in [9.17, 15) is 14.4 Å².